The molecule has 1 unspecified atom stereocenters. The zero-order chi connectivity index (χ0) is 7.82. The van der Waals surface area contributed by atoms with Crippen molar-refractivity contribution in [3.8, 4) is 12.3 Å². The van der Waals surface area contributed by atoms with Crippen molar-refractivity contribution in [1.29, 1.82) is 0 Å². The molecule has 0 aliphatic carbocycles. The van der Waals surface area contributed by atoms with Gasteiger partial charge in [-0.15, -0.1) is 6.42 Å². The fourth-order valence-corrected chi connectivity index (χ4v) is 0.476. The molecular weight excluding hydrogens is 128 g/mol. The highest BCUT2D eigenvalue weighted by Gasteiger charge is 1.93. The second-order valence-corrected chi connectivity index (χ2v) is 1.88. The van der Waals surface area contributed by atoms with Gasteiger partial charge in [0.05, 0.1) is 13.2 Å². The van der Waals surface area contributed by atoms with Crippen LogP contribution in [-0.4, -0.2) is 25.9 Å². The Balaban J connectivity index is 2.98. The van der Waals surface area contributed by atoms with Gasteiger partial charge in [-0.2, -0.15) is 0 Å². The summed E-state index contributed by atoms with van der Waals surface area (Å²) < 4.78 is 10.2. The first-order chi connectivity index (χ1) is 4.81. The number of terminal acetylenes is 1. The minimum atomic E-state index is -0.0968. The lowest BCUT2D eigenvalue weighted by atomic mass is 10.4. The van der Waals surface area contributed by atoms with E-state index in [0.29, 0.717) is 13.2 Å². The molecule has 0 N–H and O–H groups in total. The predicted octanol–water partition coefficient (Wildman–Crippen LogP) is 1.06. The van der Waals surface area contributed by atoms with Crippen molar-refractivity contribution in [3.05, 3.63) is 0 Å². The van der Waals surface area contributed by atoms with Crippen LogP contribution in [-0.2, 0) is 9.47 Å². The van der Waals surface area contributed by atoms with Gasteiger partial charge in [0, 0.05) is 6.61 Å². The molecule has 0 aliphatic heterocycles. The van der Waals surface area contributed by atoms with Crippen LogP contribution in [0.3, 0.4) is 0 Å². The third-order valence-corrected chi connectivity index (χ3v) is 1.03. The molecule has 0 spiro atoms. The van der Waals surface area contributed by atoms with Crippen LogP contribution in [0.15, 0.2) is 0 Å². The molecule has 0 heterocycles. The van der Waals surface area contributed by atoms with Crippen molar-refractivity contribution in [2.24, 2.45) is 0 Å². The molecule has 0 rings (SSSR count). The Morgan fingerprint density at radius 3 is 2.70 bits per heavy atom. The van der Waals surface area contributed by atoms with Crippen molar-refractivity contribution in [2.75, 3.05) is 19.8 Å². The van der Waals surface area contributed by atoms with Crippen LogP contribution in [0.5, 0.6) is 0 Å². The van der Waals surface area contributed by atoms with Crippen molar-refractivity contribution in [1.82, 2.24) is 0 Å². The fraction of sp³-hybridized carbons (Fsp3) is 0.750. The minimum Gasteiger partial charge on any atom is -0.379 e. The Morgan fingerprint density at radius 2 is 2.20 bits per heavy atom. The highest BCUT2D eigenvalue weighted by atomic mass is 16.5. The summed E-state index contributed by atoms with van der Waals surface area (Å²) in [5.41, 5.74) is 0. The van der Waals surface area contributed by atoms with E-state index in [9.17, 15) is 0 Å². The van der Waals surface area contributed by atoms with Crippen LogP contribution in [0.25, 0.3) is 0 Å². The van der Waals surface area contributed by atoms with Crippen LogP contribution in [0.4, 0.5) is 0 Å². The van der Waals surface area contributed by atoms with Crippen molar-refractivity contribution in [3.63, 3.8) is 0 Å². The summed E-state index contributed by atoms with van der Waals surface area (Å²) >= 11 is 0. The first kappa shape index (κ1) is 9.48. The molecule has 0 bridgehead atoms. The number of rotatable bonds is 5. The van der Waals surface area contributed by atoms with Gasteiger partial charge in [0.2, 0.25) is 0 Å². The van der Waals surface area contributed by atoms with E-state index >= 15 is 0 Å². The second kappa shape index (κ2) is 6.60. The largest absolute Gasteiger partial charge is 0.379 e. The summed E-state index contributed by atoms with van der Waals surface area (Å²) in [6.07, 6.45) is 4.97. The lowest BCUT2D eigenvalue weighted by Gasteiger charge is -2.05. The molecule has 2 heteroatoms. The maximum Gasteiger partial charge on any atom is 0.115 e. The standard InChI is InChI=1S/C8H14O2/c1-4-8(3)10-7-6-9-5-2/h1,8H,5-7H2,2-3H3. The first-order valence-electron chi connectivity index (χ1n) is 3.46. The van der Waals surface area contributed by atoms with E-state index in [1.165, 1.54) is 0 Å². The van der Waals surface area contributed by atoms with Gasteiger partial charge in [0.25, 0.3) is 0 Å². The molecule has 0 saturated heterocycles. The number of hydrogen-bond donors (Lipinski definition) is 0. The molecule has 0 fully saturated rings. The topological polar surface area (TPSA) is 18.5 Å². The Hall–Kier alpha value is -0.520. The van der Waals surface area contributed by atoms with E-state index in [0.717, 1.165) is 6.61 Å². The van der Waals surface area contributed by atoms with E-state index < -0.39 is 0 Å². The summed E-state index contributed by atoms with van der Waals surface area (Å²) in [5.74, 6) is 2.46. The molecule has 0 saturated carbocycles. The Bertz CT molecular complexity index is 104. The molecule has 10 heavy (non-hydrogen) atoms. The third kappa shape index (κ3) is 5.61. The highest BCUT2D eigenvalue weighted by Crippen LogP contribution is 1.86. The van der Waals surface area contributed by atoms with Crippen LogP contribution in [0.2, 0.25) is 0 Å². The Morgan fingerprint density at radius 1 is 1.50 bits per heavy atom. The molecular formula is C8H14O2. The van der Waals surface area contributed by atoms with E-state index in [2.05, 4.69) is 5.92 Å². The molecule has 0 radical (unpaired) electrons. The van der Waals surface area contributed by atoms with E-state index in [1.54, 1.807) is 0 Å². The lowest BCUT2D eigenvalue weighted by Crippen LogP contribution is -2.10. The van der Waals surface area contributed by atoms with E-state index in [4.69, 9.17) is 15.9 Å². The highest BCUT2D eigenvalue weighted by molar-refractivity contribution is 4.91. The van der Waals surface area contributed by atoms with Gasteiger partial charge in [-0.05, 0) is 13.8 Å². The normalized spacial score (nSPS) is 12.5. The molecule has 0 amide bonds. The van der Waals surface area contributed by atoms with Crippen molar-refractivity contribution in [2.45, 2.75) is 20.0 Å². The summed E-state index contributed by atoms with van der Waals surface area (Å²) in [7, 11) is 0. The maximum absolute atomic E-state index is 5.13. The molecule has 0 aromatic heterocycles. The summed E-state index contributed by atoms with van der Waals surface area (Å²) in [6, 6.07) is 0. The zero-order valence-corrected chi connectivity index (χ0v) is 6.59. The van der Waals surface area contributed by atoms with Gasteiger partial charge in [0.15, 0.2) is 0 Å². The average Bonchev–Trinajstić information content (AvgIpc) is 1.98. The lowest BCUT2D eigenvalue weighted by molar-refractivity contribution is 0.0369. The van der Waals surface area contributed by atoms with Gasteiger partial charge >= 0.3 is 0 Å². The SMILES string of the molecule is C#CC(C)OCCOCC. The molecule has 0 aromatic carbocycles. The fourth-order valence-electron chi connectivity index (χ4n) is 0.476. The van der Waals surface area contributed by atoms with Gasteiger partial charge < -0.3 is 9.47 Å². The quantitative estimate of drug-likeness (QED) is 0.422. The smallest absolute Gasteiger partial charge is 0.115 e. The van der Waals surface area contributed by atoms with Crippen LogP contribution in [0, 0.1) is 12.3 Å². The maximum atomic E-state index is 5.13. The second-order valence-electron chi connectivity index (χ2n) is 1.88. The van der Waals surface area contributed by atoms with Crippen LogP contribution >= 0.6 is 0 Å². The molecule has 0 aliphatic rings. The first-order valence-corrected chi connectivity index (χ1v) is 3.46. The third-order valence-electron chi connectivity index (χ3n) is 1.03. The molecule has 0 aromatic rings. The summed E-state index contributed by atoms with van der Waals surface area (Å²) in [4.78, 5) is 0. The van der Waals surface area contributed by atoms with Crippen LogP contribution in [0.1, 0.15) is 13.8 Å². The van der Waals surface area contributed by atoms with Crippen LogP contribution < -0.4 is 0 Å². The van der Waals surface area contributed by atoms with E-state index in [1.807, 2.05) is 13.8 Å². The summed E-state index contributed by atoms with van der Waals surface area (Å²) in [6.45, 7) is 5.73. The number of ether oxygens (including phenoxy) is 2. The molecule has 1 atom stereocenters. The molecule has 2 nitrogen and oxygen atoms in total. The Labute approximate surface area is 62.5 Å². The van der Waals surface area contributed by atoms with Gasteiger partial charge in [-0.3, -0.25) is 0 Å². The number of hydrogen-bond acceptors (Lipinski definition) is 2. The van der Waals surface area contributed by atoms with Gasteiger partial charge in [-0.25, -0.2) is 0 Å². The van der Waals surface area contributed by atoms with Crippen molar-refractivity contribution < 1.29 is 9.47 Å². The Kier molecular flexibility index (Phi) is 6.25. The molecule has 58 valence electrons. The monoisotopic (exact) mass is 142 g/mol. The average molecular weight is 142 g/mol. The minimum absolute atomic E-state index is 0.0968. The van der Waals surface area contributed by atoms with Gasteiger partial charge in [-0.1, -0.05) is 5.92 Å². The van der Waals surface area contributed by atoms with E-state index in [-0.39, 0.29) is 6.10 Å². The summed E-state index contributed by atoms with van der Waals surface area (Å²) in [5, 5.41) is 0. The van der Waals surface area contributed by atoms with Gasteiger partial charge in [0.1, 0.15) is 6.10 Å². The zero-order valence-electron chi connectivity index (χ0n) is 6.59. The predicted molar refractivity (Wildman–Crippen MR) is 40.7 cm³/mol. The van der Waals surface area contributed by atoms with Crippen molar-refractivity contribution >= 4 is 0 Å².